The normalized spacial score (nSPS) is 14.6. The van der Waals surface area contributed by atoms with E-state index in [0.717, 1.165) is 35.1 Å². The van der Waals surface area contributed by atoms with Gasteiger partial charge in [0.1, 0.15) is 10.7 Å². The Kier molecular flexibility index (Phi) is 6.19. The van der Waals surface area contributed by atoms with Crippen LogP contribution in [0.25, 0.3) is 5.13 Å². The molecule has 1 aromatic carbocycles. The molecular weight excluding hydrogens is 448 g/mol. The molecule has 1 amide bonds. The van der Waals surface area contributed by atoms with E-state index in [9.17, 15) is 9.59 Å². The summed E-state index contributed by atoms with van der Waals surface area (Å²) in [6.45, 7) is 6.21. The first-order valence-corrected chi connectivity index (χ1v) is 12.5. The van der Waals surface area contributed by atoms with Gasteiger partial charge in [0.15, 0.2) is 5.13 Å². The van der Waals surface area contributed by atoms with E-state index < -0.39 is 0 Å². The molecule has 176 valence electrons. The molecule has 1 aliphatic rings. The summed E-state index contributed by atoms with van der Waals surface area (Å²) in [6.07, 6.45) is 5.44. The van der Waals surface area contributed by atoms with Crippen LogP contribution in [0.2, 0.25) is 0 Å². The van der Waals surface area contributed by atoms with E-state index in [1.165, 1.54) is 11.3 Å². The average molecular weight is 477 g/mol. The largest absolute Gasteiger partial charge is 0.346 e. The molecular formula is C25H28N6O2S. The second kappa shape index (κ2) is 9.42. The zero-order valence-corrected chi connectivity index (χ0v) is 20.2. The van der Waals surface area contributed by atoms with Crippen molar-refractivity contribution in [2.24, 2.45) is 0 Å². The molecule has 4 heterocycles. The van der Waals surface area contributed by atoms with E-state index in [1.54, 1.807) is 9.25 Å². The van der Waals surface area contributed by atoms with Gasteiger partial charge in [0, 0.05) is 37.9 Å². The maximum atomic E-state index is 13.2. The van der Waals surface area contributed by atoms with Gasteiger partial charge in [0.2, 0.25) is 0 Å². The van der Waals surface area contributed by atoms with Crippen LogP contribution in [0.15, 0.2) is 59.7 Å². The van der Waals surface area contributed by atoms with Crippen molar-refractivity contribution < 1.29 is 4.79 Å². The number of carbonyl (C=O) groups excluding carboxylic acids is 1. The first-order chi connectivity index (χ1) is 16.5. The number of hydrogen-bond acceptors (Lipinski definition) is 5. The van der Waals surface area contributed by atoms with E-state index >= 15 is 0 Å². The number of aromatic nitrogens is 5. The van der Waals surface area contributed by atoms with Crippen LogP contribution >= 0.6 is 11.3 Å². The number of aryl methyl sites for hydroxylation is 1. The van der Waals surface area contributed by atoms with Gasteiger partial charge in [-0.15, -0.1) is 0 Å². The Labute approximate surface area is 202 Å². The first kappa shape index (κ1) is 22.3. The standard InChI is InChI=1S/C25H28N6O2S/c1-3-30-22(27-31(25(30)33)17-19-9-5-4-6-10-19)20-11-15-28(16-12-20)23(32)21-18(2)26-24(34-21)29-13-7-8-14-29/h4-10,13-14,20H,3,11-12,15-17H2,1-2H3. The summed E-state index contributed by atoms with van der Waals surface area (Å²) in [5.41, 5.74) is 1.74. The lowest BCUT2D eigenvalue weighted by Gasteiger charge is -2.31. The second-order valence-corrected chi connectivity index (χ2v) is 9.57. The highest BCUT2D eigenvalue weighted by Gasteiger charge is 2.30. The summed E-state index contributed by atoms with van der Waals surface area (Å²) in [6, 6.07) is 13.8. The lowest BCUT2D eigenvalue weighted by Crippen LogP contribution is -2.38. The lowest BCUT2D eigenvalue weighted by atomic mass is 9.95. The van der Waals surface area contributed by atoms with Gasteiger partial charge in [0.25, 0.3) is 5.91 Å². The van der Waals surface area contributed by atoms with Crippen molar-refractivity contribution in [2.75, 3.05) is 13.1 Å². The number of carbonyl (C=O) groups is 1. The van der Waals surface area contributed by atoms with Crippen LogP contribution in [0.4, 0.5) is 0 Å². The molecule has 8 nitrogen and oxygen atoms in total. The van der Waals surface area contributed by atoms with Crippen molar-refractivity contribution in [3.8, 4) is 5.13 Å². The third-order valence-corrected chi connectivity index (χ3v) is 7.55. The van der Waals surface area contributed by atoms with E-state index in [0.29, 0.717) is 31.1 Å². The highest BCUT2D eigenvalue weighted by molar-refractivity contribution is 7.16. The molecule has 0 spiro atoms. The highest BCUT2D eigenvalue weighted by Crippen LogP contribution is 2.29. The Bertz CT molecular complexity index is 1330. The molecule has 34 heavy (non-hydrogen) atoms. The van der Waals surface area contributed by atoms with Gasteiger partial charge in [0.05, 0.1) is 12.2 Å². The molecule has 3 aromatic heterocycles. The van der Waals surface area contributed by atoms with Crippen LogP contribution in [0.5, 0.6) is 0 Å². The Morgan fingerprint density at radius 2 is 1.79 bits per heavy atom. The van der Waals surface area contributed by atoms with Crippen molar-refractivity contribution >= 4 is 17.2 Å². The predicted molar refractivity (Wildman–Crippen MR) is 132 cm³/mol. The monoisotopic (exact) mass is 476 g/mol. The fraction of sp³-hybridized carbons (Fsp3) is 0.360. The zero-order valence-electron chi connectivity index (χ0n) is 19.4. The van der Waals surface area contributed by atoms with Crippen molar-refractivity contribution in [3.63, 3.8) is 0 Å². The Morgan fingerprint density at radius 1 is 1.09 bits per heavy atom. The van der Waals surface area contributed by atoms with Gasteiger partial charge >= 0.3 is 5.69 Å². The molecule has 0 radical (unpaired) electrons. The fourth-order valence-electron chi connectivity index (χ4n) is 4.55. The summed E-state index contributed by atoms with van der Waals surface area (Å²) in [5.74, 6) is 1.03. The quantitative estimate of drug-likeness (QED) is 0.425. The number of benzene rings is 1. The maximum absolute atomic E-state index is 13.2. The molecule has 1 saturated heterocycles. The van der Waals surface area contributed by atoms with Crippen LogP contribution in [-0.4, -0.2) is 47.8 Å². The molecule has 1 fully saturated rings. The van der Waals surface area contributed by atoms with Gasteiger partial charge in [-0.1, -0.05) is 41.7 Å². The molecule has 0 saturated carbocycles. The zero-order chi connectivity index (χ0) is 23.7. The van der Waals surface area contributed by atoms with Crippen molar-refractivity contribution in [3.05, 3.63) is 87.3 Å². The van der Waals surface area contributed by atoms with Crippen LogP contribution in [0.3, 0.4) is 0 Å². The summed E-state index contributed by atoms with van der Waals surface area (Å²) in [4.78, 5) is 33.4. The van der Waals surface area contributed by atoms with Gasteiger partial charge in [-0.05, 0) is 44.4 Å². The molecule has 0 aliphatic carbocycles. The van der Waals surface area contributed by atoms with Gasteiger partial charge in [-0.3, -0.25) is 9.36 Å². The van der Waals surface area contributed by atoms with E-state index in [1.807, 2.05) is 78.2 Å². The minimum absolute atomic E-state index is 0.0364. The minimum Gasteiger partial charge on any atom is -0.338 e. The number of likely N-dealkylation sites (tertiary alicyclic amines) is 1. The maximum Gasteiger partial charge on any atom is 0.346 e. The Morgan fingerprint density at radius 3 is 2.47 bits per heavy atom. The van der Waals surface area contributed by atoms with E-state index in [-0.39, 0.29) is 17.5 Å². The third-order valence-electron chi connectivity index (χ3n) is 6.40. The average Bonchev–Trinajstić information content (AvgIpc) is 3.59. The topological polar surface area (TPSA) is 78.0 Å². The van der Waals surface area contributed by atoms with Crippen molar-refractivity contribution in [1.29, 1.82) is 0 Å². The molecule has 4 aromatic rings. The number of thiazole rings is 1. The number of piperidine rings is 1. The Hall–Kier alpha value is -3.46. The fourth-order valence-corrected chi connectivity index (χ4v) is 5.56. The number of nitrogens with zero attached hydrogens (tertiary/aromatic N) is 6. The first-order valence-electron chi connectivity index (χ1n) is 11.7. The molecule has 1 aliphatic heterocycles. The SMILES string of the molecule is CCn1c(C2CCN(C(=O)c3sc(-n4cccc4)nc3C)CC2)nn(Cc2ccccc2)c1=O. The molecule has 0 atom stereocenters. The summed E-state index contributed by atoms with van der Waals surface area (Å²) in [5, 5.41) is 5.53. The van der Waals surface area contributed by atoms with Crippen LogP contribution in [-0.2, 0) is 13.1 Å². The smallest absolute Gasteiger partial charge is 0.338 e. The van der Waals surface area contributed by atoms with Crippen LogP contribution in [0, 0.1) is 6.92 Å². The van der Waals surface area contributed by atoms with Gasteiger partial charge in [-0.25, -0.2) is 14.5 Å². The van der Waals surface area contributed by atoms with E-state index in [4.69, 9.17) is 5.10 Å². The molecule has 0 bridgehead atoms. The minimum atomic E-state index is -0.0716. The highest BCUT2D eigenvalue weighted by atomic mass is 32.1. The van der Waals surface area contributed by atoms with Gasteiger partial charge in [-0.2, -0.15) is 5.10 Å². The van der Waals surface area contributed by atoms with Crippen molar-refractivity contribution in [2.45, 2.75) is 45.7 Å². The molecule has 0 unspecified atom stereocenters. The number of hydrogen-bond donors (Lipinski definition) is 0. The summed E-state index contributed by atoms with van der Waals surface area (Å²) >= 11 is 1.43. The summed E-state index contributed by atoms with van der Waals surface area (Å²) < 4.78 is 5.27. The van der Waals surface area contributed by atoms with Crippen LogP contribution in [0.1, 0.15) is 52.4 Å². The second-order valence-electron chi connectivity index (χ2n) is 8.60. The van der Waals surface area contributed by atoms with E-state index in [2.05, 4.69) is 4.98 Å². The van der Waals surface area contributed by atoms with Crippen molar-refractivity contribution in [1.82, 2.24) is 28.8 Å². The molecule has 9 heteroatoms. The predicted octanol–water partition coefficient (Wildman–Crippen LogP) is 3.69. The lowest BCUT2D eigenvalue weighted by molar-refractivity contribution is 0.0714. The van der Waals surface area contributed by atoms with Crippen LogP contribution < -0.4 is 5.69 Å². The summed E-state index contributed by atoms with van der Waals surface area (Å²) in [7, 11) is 0. The number of rotatable bonds is 6. The Balaban J connectivity index is 1.29. The number of amides is 1. The molecule has 5 rings (SSSR count). The third kappa shape index (κ3) is 4.23. The van der Waals surface area contributed by atoms with Gasteiger partial charge < -0.3 is 9.47 Å². The molecule has 0 N–H and O–H groups in total.